The van der Waals surface area contributed by atoms with Crippen LogP contribution in [0.1, 0.15) is 17.3 Å². The molecule has 0 fully saturated rings. The smallest absolute Gasteiger partial charge is 0.127 e. The van der Waals surface area contributed by atoms with E-state index < -0.39 is 0 Å². The van der Waals surface area contributed by atoms with Crippen LogP contribution in [0.5, 0.6) is 0 Å². The largest absolute Gasteiger partial charge is 0.311 e. The highest BCUT2D eigenvalue weighted by Gasteiger charge is 2.17. The third-order valence-electron chi connectivity index (χ3n) is 2.91. The molecular formula is C13H15ClFN3. The van der Waals surface area contributed by atoms with Gasteiger partial charge < -0.3 is 5.32 Å². The lowest BCUT2D eigenvalue weighted by atomic mass is 10.0. The number of hydrogen-bond acceptors (Lipinski definition) is 2. The summed E-state index contributed by atoms with van der Waals surface area (Å²) in [7, 11) is 3.68. The lowest BCUT2D eigenvalue weighted by Gasteiger charge is -2.15. The first-order valence-corrected chi connectivity index (χ1v) is 6.09. The van der Waals surface area contributed by atoms with E-state index in [1.54, 1.807) is 16.8 Å². The molecule has 0 amide bonds. The molecule has 0 spiro atoms. The maximum Gasteiger partial charge on any atom is 0.127 e. The van der Waals surface area contributed by atoms with Crippen molar-refractivity contribution in [2.45, 2.75) is 12.5 Å². The maximum absolute atomic E-state index is 13.7. The predicted octanol–water partition coefficient (Wildman–Crippen LogP) is 2.72. The minimum atomic E-state index is -0.279. The average molecular weight is 268 g/mol. The molecule has 1 heterocycles. The van der Waals surface area contributed by atoms with Crippen molar-refractivity contribution in [1.29, 1.82) is 0 Å². The number of hydrogen-bond donors (Lipinski definition) is 1. The Kier molecular flexibility index (Phi) is 3.99. The van der Waals surface area contributed by atoms with Gasteiger partial charge in [-0.3, -0.25) is 4.68 Å². The second kappa shape index (κ2) is 5.50. The van der Waals surface area contributed by atoms with E-state index in [0.717, 1.165) is 5.69 Å². The number of likely N-dealkylation sites (N-methyl/N-ethyl adjacent to an activating group) is 1. The van der Waals surface area contributed by atoms with Crippen LogP contribution in [0.2, 0.25) is 5.02 Å². The zero-order chi connectivity index (χ0) is 13.1. The first kappa shape index (κ1) is 13.1. The summed E-state index contributed by atoms with van der Waals surface area (Å²) in [6.07, 6.45) is 2.33. The number of aromatic nitrogens is 2. The molecule has 0 bridgehead atoms. The molecule has 1 atom stereocenters. The SMILES string of the molecule is CNC(Cc1c(F)cccc1Cl)c1ccn(C)n1. The van der Waals surface area contributed by atoms with Crippen molar-refractivity contribution in [2.24, 2.45) is 7.05 Å². The molecule has 0 saturated heterocycles. The molecule has 0 aliphatic rings. The summed E-state index contributed by atoms with van der Waals surface area (Å²) >= 11 is 6.03. The fourth-order valence-electron chi connectivity index (χ4n) is 1.90. The highest BCUT2D eigenvalue weighted by molar-refractivity contribution is 6.31. The lowest BCUT2D eigenvalue weighted by Crippen LogP contribution is -2.20. The van der Waals surface area contributed by atoms with Crippen LogP contribution < -0.4 is 5.32 Å². The van der Waals surface area contributed by atoms with Gasteiger partial charge in [0.1, 0.15) is 5.82 Å². The Hall–Kier alpha value is -1.39. The molecule has 2 aromatic rings. The van der Waals surface area contributed by atoms with Gasteiger partial charge in [-0.1, -0.05) is 17.7 Å². The maximum atomic E-state index is 13.7. The van der Waals surface area contributed by atoms with Gasteiger partial charge in [-0.2, -0.15) is 5.10 Å². The van der Waals surface area contributed by atoms with Crippen LogP contribution in [-0.4, -0.2) is 16.8 Å². The number of benzene rings is 1. The van der Waals surface area contributed by atoms with E-state index in [2.05, 4.69) is 10.4 Å². The number of nitrogens with one attached hydrogen (secondary N) is 1. The van der Waals surface area contributed by atoms with E-state index in [0.29, 0.717) is 17.0 Å². The van der Waals surface area contributed by atoms with Gasteiger partial charge in [0.2, 0.25) is 0 Å². The Morgan fingerprint density at radius 1 is 1.44 bits per heavy atom. The molecule has 0 aliphatic carbocycles. The molecule has 3 nitrogen and oxygen atoms in total. The number of halogens is 2. The predicted molar refractivity (Wildman–Crippen MR) is 70.1 cm³/mol. The van der Waals surface area contributed by atoms with Crippen molar-refractivity contribution >= 4 is 11.6 Å². The molecule has 96 valence electrons. The van der Waals surface area contributed by atoms with E-state index in [-0.39, 0.29) is 11.9 Å². The molecule has 1 aromatic heterocycles. The second-order valence-electron chi connectivity index (χ2n) is 4.16. The van der Waals surface area contributed by atoms with E-state index in [1.807, 2.05) is 26.4 Å². The van der Waals surface area contributed by atoms with Gasteiger partial charge in [-0.15, -0.1) is 0 Å². The van der Waals surface area contributed by atoms with Crippen molar-refractivity contribution in [3.63, 3.8) is 0 Å². The number of nitrogens with zero attached hydrogens (tertiary/aromatic N) is 2. The molecular weight excluding hydrogens is 253 g/mol. The zero-order valence-electron chi connectivity index (χ0n) is 10.3. The quantitative estimate of drug-likeness (QED) is 0.923. The van der Waals surface area contributed by atoms with E-state index in [4.69, 9.17) is 11.6 Å². The van der Waals surface area contributed by atoms with Crippen molar-refractivity contribution in [2.75, 3.05) is 7.05 Å². The van der Waals surface area contributed by atoms with E-state index in [9.17, 15) is 4.39 Å². The van der Waals surface area contributed by atoms with Crippen molar-refractivity contribution < 1.29 is 4.39 Å². The standard InChI is InChI=1S/C13H15ClFN3/c1-16-13(12-6-7-18(2)17-12)8-9-10(14)4-3-5-11(9)15/h3-7,13,16H,8H2,1-2H3. The monoisotopic (exact) mass is 267 g/mol. The van der Waals surface area contributed by atoms with Crippen LogP contribution in [0.25, 0.3) is 0 Å². The summed E-state index contributed by atoms with van der Waals surface area (Å²) < 4.78 is 15.5. The van der Waals surface area contributed by atoms with Gasteiger partial charge in [-0.25, -0.2) is 4.39 Å². The van der Waals surface area contributed by atoms with Crippen LogP contribution in [0.15, 0.2) is 30.5 Å². The number of aryl methyl sites for hydroxylation is 1. The fourth-order valence-corrected chi connectivity index (χ4v) is 2.15. The molecule has 5 heteroatoms. The minimum absolute atomic E-state index is 0.0550. The van der Waals surface area contributed by atoms with Gasteiger partial charge in [0.15, 0.2) is 0 Å². The minimum Gasteiger partial charge on any atom is -0.311 e. The summed E-state index contributed by atoms with van der Waals surface area (Å²) in [5.41, 5.74) is 1.39. The Bertz CT molecular complexity index is 519. The van der Waals surface area contributed by atoms with Gasteiger partial charge in [-0.05, 0) is 31.7 Å². The molecule has 0 aliphatic heterocycles. The molecule has 2 rings (SSSR count). The van der Waals surface area contributed by atoms with Crippen molar-refractivity contribution in [3.8, 4) is 0 Å². The summed E-state index contributed by atoms with van der Waals surface area (Å²) in [6, 6.07) is 6.59. The second-order valence-corrected chi connectivity index (χ2v) is 4.57. The van der Waals surface area contributed by atoms with Gasteiger partial charge in [0.05, 0.1) is 11.7 Å². The molecule has 0 radical (unpaired) electrons. The van der Waals surface area contributed by atoms with E-state index >= 15 is 0 Å². The summed E-state index contributed by atoms with van der Waals surface area (Å²) in [5.74, 6) is -0.279. The average Bonchev–Trinajstić information content (AvgIpc) is 2.76. The Morgan fingerprint density at radius 3 is 2.78 bits per heavy atom. The molecule has 1 aromatic carbocycles. The van der Waals surface area contributed by atoms with Crippen LogP contribution in [0.4, 0.5) is 4.39 Å². The van der Waals surface area contributed by atoms with Crippen molar-refractivity contribution in [1.82, 2.24) is 15.1 Å². The summed E-state index contributed by atoms with van der Waals surface area (Å²) in [6.45, 7) is 0. The van der Waals surface area contributed by atoms with Gasteiger partial charge >= 0.3 is 0 Å². The fraction of sp³-hybridized carbons (Fsp3) is 0.308. The summed E-state index contributed by atoms with van der Waals surface area (Å²) in [5, 5.41) is 7.91. The third-order valence-corrected chi connectivity index (χ3v) is 3.26. The topological polar surface area (TPSA) is 29.9 Å². The molecule has 0 saturated carbocycles. The summed E-state index contributed by atoms with van der Waals surface area (Å²) in [4.78, 5) is 0. The van der Waals surface area contributed by atoms with Crippen LogP contribution in [0, 0.1) is 5.82 Å². The third kappa shape index (κ3) is 2.71. The highest BCUT2D eigenvalue weighted by Crippen LogP contribution is 2.24. The van der Waals surface area contributed by atoms with Gasteiger partial charge in [0.25, 0.3) is 0 Å². The first-order chi connectivity index (χ1) is 8.61. The lowest BCUT2D eigenvalue weighted by molar-refractivity contribution is 0.537. The van der Waals surface area contributed by atoms with Crippen LogP contribution >= 0.6 is 11.6 Å². The normalized spacial score (nSPS) is 12.7. The Morgan fingerprint density at radius 2 is 2.22 bits per heavy atom. The molecule has 1 unspecified atom stereocenters. The molecule has 18 heavy (non-hydrogen) atoms. The van der Waals surface area contributed by atoms with Crippen LogP contribution in [0.3, 0.4) is 0 Å². The molecule has 1 N–H and O–H groups in total. The van der Waals surface area contributed by atoms with E-state index in [1.165, 1.54) is 6.07 Å². The van der Waals surface area contributed by atoms with Crippen molar-refractivity contribution in [3.05, 3.63) is 52.6 Å². The highest BCUT2D eigenvalue weighted by atomic mass is 35.5. The zero-order valence-corrected chi connectivity index (χ0v) is 11.1. The van der Waals surface area contributed by atoms with Crippen LogP contribution in [-0.2, 0) is 13.5 Å². The Balaban J connectivity index is 2.26. The first-order valence-electron chi connectivity index (χ1n) is 5.71. The van der Waals surface area contributed by atoms with Gasteiger partial charge in [0, 0.05) is 23.8 Å². The Labute approximate surface area is 111 Å². The number of rotatable bonds is 4.